The third-order valence-corrected chi connectivity index (χ3v) is 4.21. The number of hydrogen-bond donors (Lipinski definition) is 2. The van der Waals surface area contributed by atoms with E-state index in [9.17, 15) is 5.11 Å². The van der Waals surface area contributed by atoms with E-state index in [-0.39, 0.29) is 5.41 Å². The predicted octanol–water partition coefficient (Wildman–Crippen LogP) is 3.49. The van der Waals surface area contributed by atoms with Gasteiger partial charge in [-0.05, 0) is 31.4 Å². The molecule has 0 saturated heterocycles. The Labute approximate surface area is 101 Å². The highest BCUT2D eigenvalue weighted by molar-refractivity contribution is 5.76. The number of aromatic nitrogens is 2. The molecule has 3 heteroatoms. The van der Waals surface area contributed by atoms with Gasteiger partial charge in [0.15, 0.2) is 0 Å². The summed E-state index contributed by atoms with van der Waals surface area (Å²) in [6.45, 7) is 2.25. The van der Waals surface area contributed by atoms with E-state index in [1.165, 1.54) is 25.7 Å². The molecule has 0 unspecified atom stereocenters. The molecule has 3 nitrogen and oxygen atoms in total. The Balaban J connectivity index is 2.11. The van der Waals surface area contributed by atoms with E-state index >= 15 is 0 Å². The van der Waals surface area contributed by atoms with Gasteiger partial charge in [-0.1, -0.05) is 19.8 Å². The van der Waals surface area contributed by atoms with E-state index in [1.807, 2.05) is 6.07 Å². The topological polar surface area (TPSA) is 48.9 Å². The van der Waals surface area contributed by atoms with Gasteiger partial charge in [-0.25, -0.2) is 4.98 Å². The van der Waals surface area contributed by atoms with Crippen LogP contribution in [0.3, 0.4) is 0 Å². The lowest BCUT2D eigenvalue weighted by atomic mass is 9.83. The summed E-state index contributed by atoms with van der Waals surface area (Å²) in [5, 5.41) is 9.48. The second-order valence-corrected chi connectivity index (χ2v) is 5.13. The standard InChI is InChI=1S/C14H18N2O/c1-2-14(7-3-4-8-14)13-15-11-6-5-10(17)9-12(11)16-13/h5-6,9,17H,2-4,7-8H2,1H3,(H,15,16). The Morgan fingerprint density at radius 2 is 2.12 bits per heavy atom. The third-order valence-electron chi connectivity index (χ3n) is 4.21. The number of phenols is 1. The van der Waals surface area contributed by atoms with Gasteiger partial charge in [0.1, 0.15) is 11.6 Å². The van der Waals surface area contributed by atoms with E-state index in [1.54, 1.807) is 12.1 Å². The molecule has 1 heterocycles. The van der Waals surface area contributed by atoms with Crippen molar-refractivity contribution in [3.8, 4) is 5.75 Å². The van der Waals surface area contributed by atoms with E-state index < -0.39 is 0 Å². The number of benzene rings is 1. The Morgan fingerprint density at radius 1 is 1.35 bits per heavy atom. The van der Waals surface area contributed by atoms with Crippen molar-refractivity contribution >= 4 is 11.0 Å². The number of aromatic amines is 1. The molecule has 2 aromatic rings. The molecule has 1 aromatic carbocycles. The number of H-pyrrole nitrogens is 1. The maximum absolute atomic E-state index is 9.48. The van der Waals surface area contributed by atoms with Crippen LogP contribution in [0.2, 0.25) is 0 Å². The maximum atomic E-state index is 9.48. The van der Waals surface area contributed by atoms with Crippen molar-refractivity contribution in [1.29, 1.82) is 0 Å². The molecule has 1 saturated carbocycles. The maximum Gasteiger partial charge on any atom is 0.117 e. The lowest BCUT2D eigenvalue weighted by molar-refractivity contribution is 0.403. The first-order valence-corrected chi connectivity index (χ1v) is 6.43. The molecule has 0 radical (unpaired) electrons. The van der Waals surface area contributed by atoms with Crippen LogP contribution in [0.15, 0.2) is 18.2 Å². The van der Waals surface area contributed by atoms with E-state index in [2.05, 4.69) is 11.9 Å². The fourth-order valence-electron chi connectivity index (χ4n) is 3.06. The van der Waals surface area contributed by atoms with Crippen LogP contribution in [0.25, 0.3) is 11.0 Å². The first-order chi connectivity index (χ1) is 8.23. The average Bonchev–Trinajstić information content (AvgIpc) is 2.94. The molecule has 0 atom stereocenters. The van der Waals surface area contributed by atoms with Crippen LogP contribution in [0, 0.1) is 0 Å². The fourth-order valence-corrected chi connectivity index (χ4v) is 3.06. The van der Waals surface area contributed by atoms with Gasteiger partial charge in [0.05, 0.1) is 11.0 Å². The Kier molecular flexibility index (Phi) is 2.35. The second-order valence-electron chi connectivity index (χ2n) is 5.13. The number of hydrogen-bond acceptors (Lipinski definition) is 2. The molecule has 0 bridgehead atoms. The first-order valence-electron chi connectivity index (χ1n) is 6.43. The van der Waals surface area contributed by atoms with Crippen LogP contribution in [0.4, 0.5) is 0 Å². The molecule has 1 fully saturated rings. The summed E-state index contributed by atoms with van der Waals surface area (Å²) in [5.41, 5.74) is 2.14. The number of phenolic OH excluding ortho intramolecular Hbond substituents is 1. The molecular formula is C14H18N2O. The quantitative estimate of drug-likeness (QED) is 0.829. The lowest BCUT2D eigenvalue weighted by Gasteiger charge is -2.24. The summed E-state index contributed by atoms with van der Waals surface area (Å²) in [4.78, 5) is 8.11. The molecule has 90 valence electrons. The molecule has 0 spiro atoms. The third kappa shape index (κ3) is 1.61. The van der Waals surface area contributed by atoms with E-state index in [4.69, 9.17) is 4.98 Å². The van der Waals surface area contributed by atoms with E-state index in [0.29, 0.717) is 5.75 Å². The highest BCUT2D eigenvalue weighted by atomic mass is 16.3. The minimum Gasteiger partial charge on any atom is -0.508 e. The lowest BCUT2D eigenvalue weighted by Crippen LogP contribution is -2.22. The van der Waals surface area contributed by atoms with Crippen LogP contribution in [0.1, 0.15) is 44.9 Å². The Bertz CT molecular complexity index is 538. The zero-order valence-electron chi connectivity index (χ0n) is 10.2. The van der Waals surface area contributed by atoms with Gasteiger partial charge in [-0.15, -0.1) is 0 Å². The van der Waals surface area contributed by atoms with Crippen LogP contribution in [-0.2, 0) is 5.41 Å². The van der Waals surface area contributed by atoms with Crippen LogP contribution in [-0.4, -0.2) is 15.1 Å². The van der Waals surface area contributed by atoms with Gasteiger partial charge in [-0.2, -0.15) is 0 Å². The molecular weight excluding hydrogens is 212 g/mol. The van der Waals surface area contributed by atoms with Crippen molar-refractivity contribution in [3.63, 3.8) is 0 Å². The van der Waals surface area contributed by atoms with Gasteiger partial charge in [0, 0.05) is 11.5 Å². The molecule has 2 N–H and O–H groups in total. The van der Waals surface area contributed by atoms with Crippen molar-refractivity contribution < 1.29 is 5.11 Å². The summed E-state index contributed by atoms with van der Waals surface area (Å²) >= 11 is 0. The molecule has 1 aliphatic rings. The van der Waals surface area contributed by atoms with Crippen molar-refractivity contribution in [2.45, 2.75) is 44.4 Å². The van der Waals surface area contributed by atoms with Crippen LogP contribution in [0.5, 0.6) is 5.75 Å². The second kappa shape index (κ2) is 3.76. The van der Waals surface area contributed by atoms with Crippen LogP contribution >= 0.6 is 0 Å². The molecule has 17 heavy (non-hydrogen) atoms. The van der Waals surface area contributed by atoms with Gasteiger partial charge in [0.25, 0.3) is 0 Å². The highest BCUT2D eigenvalue weighted by Gasteiger charge is 2.36. The fraction of sp³-hybridized carbons (Fsp3) is 0.500. The highest BCUT2D eigenvalue weighted by Crippen LogP contribution is 2.42. The molecule has 0 aliphatic heterocycles. The number of nitrogens with zero attached hydrogens (tertiary/aromatic N) is 1. The molecule has 1 aromatic heterocycles. The molecule has 1 aliphatic carbocycles. The minimum atomic E-state index is 0.245. The molecule has 0 amide bonds. The zero-order chi connectivity index (χ0) is 11.9. The number of rotatable bonds is 2. The number of nitrogens with one attached hydrogen (secondary N) is 1. The van der Waals surface area contributed by atoms with Gasteiger partial charge < -0.3 is 10.1 Å². The summed E-state index contributed by atoms with van der Waals surface area (Å²) in [5.74, 6) is 1.41. The van der Waals surface area contributed by atoms with Gasteiger partial charge >= 0.3 is 0 Å². The van der Waals surface area contributed by atoms with Gasteiger partial charge in [0.2, 0.25) is 0 Å². The van der Waals surface area contributed by atoms with Crippen molar-refractivity contribution in [2.24, 2.45) is 0 Å². The monoisotopic (exact) mass is 230 g/mol. The normalized spacial score (nSPS) is 18.9. The predicted molar refractivity (Wildman–Crippen MR) is 68.2 cm³/mol. The Morgan fingerprint density at radius 3 is 2.82 bits per heavy atom. The van der Waals surface area contributed by atoms with Crippen molar-refractivity contribution in [3.05, 3.63) is 24.0 Å². The van der Waals surface area contributed by atoms with Gasteiger partial charge in [-0.3, -0.25) is 0 Å². The van der Waals surface area contributed by atoms with E-state index in [0.717, 1.165) is 23.3 Å². The number of fused-ring (bicyclic) bond motifs is 1. The number of aromatic hydroxyl groups is 1. The first kappa shape index (κ1) is 10.6. The SMILES string of the molecule is CCC1(c2nc3ccc(O)cc3[nH]2)CCCC1. The largest absolute Gasteiger partial charge is 0.508 e. The summed E-state index contributed by atoms with van der Waals surface area (Å²) in [6, 6.07) is 5.33. The Hall–Kier alpha value is -1.51. The van der Waals surface area contributed by atoms with Crippen LogP contribution < -0.4 is 0 Å². The average molecular weight is 230 g/mol. The number of imidazole rings is 1. The zero-order valence-corrected chi connectivity index (χ0v) is 10.2. The van der Waals surface area contributed by atoms with Crippen molar-refractivity contribution in [2.75, 3.05) is 0 Å². The summed E-state index contributed by atoms with van der Waals surface area (Å²) in [6.07, 6.45) is 6.20. The van der Waals surface area contributed by atoms with Crippen molar-refractivity contribution in [1.82, 2.24) is 9.97 Å². The molecule has 3 rings (SSSR count). The summed E-state index contributed by atoms with van der Waals surface area (Å²) in [7, 11) is 0. The smallest absolute Gasteiger partial charge is 0.117 e. The minimum absolute atomic E-state index is 0.245. The summed E-state index contributed by atoms with van der Waals surface area (Å²) < 4.78 is 0.